The van der Waals surface area contributed by atoms with Crippen molar-refractivity contribution < 1.29 is 9.90 Å². The Hall–Kier alpha value is -1.36. The van der Waals surface area contributed by atoms with Crippen molar-refractivity contribution in [3.63, 3.8) is 0 Å². The van der Waals surface area contributed by atoms with Crippen LogP contribution in [0.15, 0.2) is 12.3 Å². The molecule has 5 nitrogen and oxygen atoms in total. The molecule has 0 bridgehead atoms. The van der Waals surface area contributed by atoms with Gasteiger partial charge in [0.2, 0.25) is 0 Å². The van der Waals surface area contributed by atoms with Crippen LogP contribution in [-0.2, 0) is 18.3 Å². The van der Waals surface area contributed by atoms with Crippen LogP contribution in [0.25, 0.3) is 0 Å². The minimum absolute atomic E-state index is 0.293. The van der Waals surface area contributed by atoms with Crippen molar-refractivity contribution in [2.24, 2.45) is 18.7 Å². The van der Waals surface area contributed by atoms with E-state index in [1.807, 2.05) is 13.1 Å². The molecule has 1 aromatic heterocycles. The number of rotatable bonds is 7. The molecule has 1 aromatic rings. The van der Waals surface area contributed by atoms with Crippen LogP contribution in [0.2, 0.25) is 0 Å². The first kappa shape index (κ1) is 12.7. The standard InChI is InChI=1S/C11H19N3O2/c1-14-10(6-8-13-14)5-4-9(11(15)16)3-2-7-12/h6,8-9H,2-5,7,12H2,1H3,(H,15,16). The number of carboxylic acid groups (broad SMARTS) is 1. The van der Waals surface area contributed by atoms with E-state index in [9.17, 15) is 4.79 Å². The average molecular weight is 225 g/mol. The first-order chi connectivity index (χ1) is 7.65. The van der Waals surface area contributed by atoms with E-state index in [0.717, 1.165) is 18.5 Å². The van der Waals surface area contributed by atoms with E-state index in [4.69, 9.17) is 10.8 Å². The van der Waals surface area contributed by atoms with Gasteiger partial charge in [0.05, 0.1) is 5.92 Å². The van der Waals surface area contributed by atoms with Gasteiger partial charge in [0.15, 0.2) is 0 Å². The Bertz CT molecular complexity index is 336. The third kappa shape index (κ3) is 3.66. The van der Waals surface area contributed by atoms with E-state index < -0.39 is 5.97 Å². The van der Waals surface area contributed by atoms with Gasteiger partial charge in [-0.05, 0) is 38.3 Å². The molecule has 90 valence electrons. The Morgan fingerprint density at radius 2 is 2.38 bits per heavy atom. The van der Waals surface area contributed by atoms with Crippen LogP contribution in [0.4, 0.5) is 0 Å². The summed E-state index contributed by atoms with van der Waals surface area (Å²) >= 11 is 0. The highest BCUT2D eigenvalue weighted by molar-refractivity contribution is 5.69. The van der Waals surface area contributed by atoms with Gasteiger partial charge in [0.1, 0.15) is 0 Å². The lowest BCUT2D eigenvalue weighted by Gasteiger charge is -2.11. The fraction of sp³-hybridized carbons (Fsp3) is 0.636. The van der Waals surface area contributed by atoms with Crippen molar-refractivity contribution in [1.29, 1.82) is 0 Å². The Morgan fingerprint density at radius 1 is 1.62 bits per heavy atom. The fourth-order valence-electron chi connectivity index (χ4n) is 1.72. The van der Waals surface area contributed by atoms with E-state index in [0.29, 0.717) is 19.4 Å². The molecule has 1 heterocycles. The highest BCUT2D eigenvalue weighted by atomic mass is 16.4. The maximum absolute atomic E-state index is 11.0. The number of hydrogen-bond donors (Lipinski definition) is 2. The molecule has 3 N–H and O–H groups in total. The zero-order valence-electron chi connectivity index (χ0n) is 9.59. The molecule has 1 unspecified atom stereocenters. The summed E-state index contributed by atoms with van der Waals surface area (Å²) in [6.07, 6.45) is 4.55. The van der Waals surface area contributed by atoms with Crippen LogP contribution in [0.3, 0.4) is 0 Å². The normalized spacial score (nSPS) is 12.6. The number of aromatic nitrogens is 2. The van der Waals surface area contributed by atoms with Gasteiger partial charge in [0, 0.05) is 18.9 Å². The van der Waals surface area contributed by atoms with Crippen LogP contribution in [0, 0.1) is 5.92 Å². The summed E-state index contributed by atoms with van der Waals surface area (Å²) in [5.74, 6) is -1.02. The van der Waals surface area contributed by atoms with E-state index in [2.05, 4.69) is 5.10 Å². The van der Waals surface area contributed by atoms with E-state index >= 15 is 0 Å². The predicted octanol–water partition coefficient (Wildman–Crippen LogP) is 0.792. The van der Waals surface area contributed by atoms with Crippen molar-refractivity contribution in [1.82, 2.24) is 9.78 Å². The number of aryl methyl sites for hydroxylation is 2. The second-order valence-electron chi connectivity index (χ2n) is 3.95. The SMILES string of the molecule is Cn1nccc1CCC(CCCN)C(=O)O. The number of aliphatic carboxylic acids is 1. The van der Waals surface area contributed by atoms with Crippen molar-refractivity contribution in [3.05, 3.63) is 18.0 Å². The Morgan fingerprint density at radius 3 is 2.88 bits per heavy atom. The molecule has 0 aliphatic heterocycles. The summed E-state index contributed by atoms with van der Waals surface area (Å²) in [5, 5.41) is 13.1. The lowest BCUT2D eigenvalue weighted by atomic mass is 9.97. The molecule has 0 aliphatic carbocycles. The lowest BCUT2D eigenvalue weighted by Crippen LogP contribution is -2.16. The molecule has 0 spiro atoms. The summed E-state index contributed by atoms with van der Waals surface area (Å²) in [7, 11) is 1.87. The van der Waals surface area contributed by atoms with Gasteiger partial charge in [-0.1, -0.05) is 0 Å². The highest BCUT2D eigenvalue weighted by Gasteiger charge is 2.17. The molecule has 0 radical (unpaired) electrons. The molecule has 0 amide bonds. The zero-order valence-corrected chi connectivity index (χ0v) is 9.59. The molecule has 1 atom stereocenters. The molecule has 0 aromatic carbocycles. The first-order valence-electron chi connectivity index (χ1n) is 5.55. The summed E-state index contributed by atoms with van der Waals surface area (Å²) in [5.41, 5.74) is 6.45. The third-order valence-corrected chi connectivity index (χ3v) is 2.78. The topological polar surface area (TPSA) is 81.1 Å². The van der Waals surface area contributed by atoms with Crippen LogP contribution in [-0.4, -0.2) is 27.4 Å². The molecule has 0 saturated carbocycles. The molecule has 1 rings (SSSR count). The maximum Gasteiger partial charge on any atom is 0.306 e. The molecule has 5 heteroatoms. The fourth-order valence-corrected chi connectivity index (χ4v) is 1.72. The number of carbonyl (C=O) groups is 1. The number of nitrogens with two attached hydrogens (primary N) is 1. The minimum Gasteiger partial charge on any atom is -0.481 e. The molecular formula is C11H19N3O2. The second kappa shape index (κ2) is 6.27. The summed E-state index contributed by atoms with van der Waals surface area (Å²) in [6, 6.07) is 1.92. The molecule has 0 fully saturated rings. The Balaban J connectivity index is 2.44. The smallest absolute Gasteiger partial charge is 0.306 e. The zero-order chi connectivity index (χ0) is 12.0. The van der Waals surface area contributed by atoms with Crippen molar-refractivity contribution in [2.75, 3.05) is 6.54 Å². The summed E-state index contributed by atoms with van der Waals surface area (Å²) in [6.45, 7) is 0.551. The third-order valence-electron chi connectivity index (χ3n) is 2.78. The number of carboxylic acids is 1. The Kier molecular flexibility index (Phi) is 4.98. The second-order valence-corrected chi connectivity index (χ2v) is 3.95. The van der Waals surface area contributed by atoms with Crippen molar-refractivity contribution >= 4 is 5.97 Å². The molecule has 0 saturated heterocycles. The highest BCUT2D eigenvalue weighted by Crippen LogP contribution is 2.14. The predicted molar refractivity (Wildman–Crippen MR) is 60.9 cm³/mol. The number of hydrogen-bond acceptors (Lipinski definition) is 3. The number of nitrogens with zero attached hydrogens (tertiary/aromatic N) is 2. The van der Waals surface area contributed by atoms with Gasteiger partial charge in [-0.25, -0.2) is 0 Å². The van der Waals surface area contributed by atoms with E-state index in [1.54, 1.807) is 10.9 Å². The quantitative estimate of drug-likeness (QED) is 0.719. The van der Waals surface area contributed by atoms with Crippen molar-refractivity contribution in [3.8, 4) is 0 Å². The molecular weight excluding hydrogens is 206 g/mol. The van der Waals surface area contributed by atoms with Gasteiger partial charge in [-0.2, -0.15) is 5.10 Å². The van der Waals surface area contributed by atoms with Gasteiger partial charge in [-0.15, -0.1) is 0 Å². The first-order valence-corrected chi connectivity index (χ1v) is 5.55. The van der Waals surface area contributed by atoms with Gasteiger partial charge in [0.25, 0.3) is 0 Å². The van der Waals surface area contributed by atoms with E-state index in [1.165, 1.54) is 0 Å². The van der Waals surface area contributed by atoms with Crippen LogP contribution in [0.5, 0.6) is 0 Å². The van der Waals surface area contributed by atoms with Gasteiger partial charge in [-0.3, -0.25) is 9.48 Å². The van der Waals surface area contributed by atoms with Crippen LogP contribution in [0.1, 0.15) is 25.0 Å². The molecule has 16 heavy (non-hydrogen) atoms. The molecule has 0 aliphatic rings. The minimum atomic E-state index is -0.726. The summed E-state index contributed by atoms with van der Waals surface area (Å²) in [4.78, 5) is 11.0. The van der Waals surface area contributed by atoms with Gasteiger partial charge < -0.3 is 10.8 Å². The van der Waals surface area contributed by atoms with Crippen LogP contribution >= 0.6 is 0 Å². The average Bonchev–Trinajstić information content (AvgIpc) is 2.64. The summed E-state index contributed by atoms with van der Waals surface area (Å²) < 4.78 is 1.78. The largest absolute Gasteiger partial charge is 0.481 e. The van der Waals surface area contributed by atoms with Crippen LogP contribution < -0.4 is 5.73 Å². The monoisotopic (exact) mass is 225 g/mol. The van der Waals surface area contributed by atoms with E-state index in [-0.39, 0.29) is 5.92 Å². The van der Waals surface area contributed by atoms with Crippen molar-refractivity contribution in [2.45, 2.75) is 25.7 Å². The lowest BCUT2D eigenvalue weighted by molar-refractivity contribution is -0.142. The Labute approximate surface area is 95.3 Å². The van der Waals surface area contributed by atoms with Gasteiger partial charge >= 0.3 is 5.97 Å². The maximum atomic E-state index is 11.0.